The summed E-state index contributed by atoms with van der Waals surface area (Å²) in [6.07, 6.45) is 3.18. The molecule has 0 bridgehead atoms. The lowest BCUT2D eigenvalue weighted by Crippen LogP contribution is -2.29. The van der Waals surface area contributed by atoms with Crippen molar-refractivity contribution in [3.8, 4) is 0 Å². The molecule has 1 aliphatic rings. The number of carbonyl (C=O) groups is 1. The van der Waals surface area contributed by atoms with Gasteiger partial charge in [-0.15, -0.1) is 0 Å². The van der Waals surface area contributed by atoms with Crippen LogP contribution in [0, 0.1) is 0 Å². The highest BCUT2D eigenvalue weighted by Crippen LogP contribution is 2.15. The molecule has 1 amide bonds. The quantitative estimate of drug-likeness (QED) is 0.597. The summed E-state index contributed by atoms with van der Waals surface area (Å²) in [5.74, 6) is 0.826. The summed E-state index contributed by atoms with van der Waals surface area (Å²) >= 11 is 0. The van der Waals surface area contributed by atoms with Crippen LogP contribution in [-0.4, -0.2) is 31.8 Å². The molecule has 68 valence electrons. The molecule has 0 N–H and O–H groups in total. The molecule has 0 saturated heterocycles. The predicted octanol–water partition coefficient (Wildman–Crippen LogP) is 1.34. The minimum Gasteiger partial charge on any atom is -0.500 e. The smallest absolute Gasteiger partial charge is 0.413 e. The van der Waals surface area contributed by atoms with Gasteiger partial charge < -0.3 is 9.47 Å². The summed E-state index contributed by atoms with van der Waals surface area (Å²) < 4.78 is 9.60. The van der Waals surface area contributed by atoms with Gasteiger partial charge in [-0.25, -0.2) is 4.79 Å². The molecule has 0 spiro atoms. The van der Waals surface area contributed by atoms with Gasteiger partial charge in [0.1, 0.15) is 5.76 Å². The molecule has 1 aliphatic heterocycles. The van der Waals surface area contributed by atoms with Crippen LogP contribution in [-0.2, 0) is 9.47 Å². The summed E-state index contributed by atoms with van der Waals surface area (Å²) in [6.45, 7) is 0.708. The average Bonchev–Trinajstić information content (AvgIpc) is 2.17. The van der Waals surface area contributed by atoms with Gasteiger partial charge in [-0.05, 0) is 6.42 Å². The number of methoxy groups -OCH3 is 2. The van der Waals surface area contributed by atoms with Gasteiger partial charge in [-0.2, -0.15) is 0 Å². The van der Waals surface area contributed by atoms with Crippen molar-refractivity contribution >= 4 is 6.09 Å². The van der Waals surface area contributed by atoms with E-state index in [-0.39, 0.29) is 6.09 Å². The predicted molar refractivity (Wildman–Crippen MR) is 43.4 cm³/mol. The van der Waals surface area contributed by atoms with Crippen molar-refractivity contribution < 1.29 is 14.3 Å². The monoisotopic (exact) mass is 171 g/mol. The lowest BCUT2D eigenvalue weighted by molar-refractivity contribution is 0.132. The Hall–Kier alpha value is -1.19. The van der Waals surface area contributed by atoms with E-state index >= 15 is 0 Å². The molecule has 0 saturated carbocycles. The number of rotatable bonds is 1. The Balaban J connectivity index is 2.60. The SMILES string of the molecule is COC(=O)N1C=C(OC)CCC1. The van der Waals surface area contributed by atoms with E-state index in [1.165, 1.54) is 12.0 Å². The Morgan fingerprint density at radius 3 is 2.92 bits per heavy atom. The van der Waals surface area contributed by atoms with E-state index in [9.17, 15) is 4.79 Å². The van der Waals surface area contributed by atoms with Crippen molar-refractivity contribution in [2.75, 3.05) is 20.8 Å². The Bertz CT molecular complexity index is 200. The molecule has 0 fully saturated rings. The molecule has 0 aromatic rings. The van der Waals surface area contributed by atoms with Gasteiger partial charge in [-0.1, -0.05) is 0 Å². The zero-order chi connectivity index (χ0) is 8.97. The Morgan fingerprint density at radius 1 is 1.58 bits per heavy atom. The first-order chi connectivity index (χ1) is 5.77. The number of carbonyl (C=O) groups excluding carboxylic acids is 1. The molecule has 1 heterocycles. The maximum absolute atomic E-state index is 11.0. The molecular weight excluding hydrogens is 158 g/mol. The molecule has 0 aromatic carbocycles. The maximum atomic E-state index is 11.0. The van der Waals surface area contributed by atoms with Gasteiger partial charge in [0.05, 0.1) is 14.2 Å². The molecule has 0 unspecified atom stereocenters. The van der Waals surface area contributed by atoms with Crippen LogP contribution in [0.25, 0.3) is 0 Å². The molecule has 0 atom stereocenters. The molecular formula is C8H13NO3. The van der Waals surface area contributed by atoms with Crippen LogP contribution in [0.3, 0.4) is 0 Å². The maximum Gasteiger partial charge on any atom is 0.413 e. The summed E-state index contributed by atoms with van der Waals surface area (Å²) in [5.41, 5.74) is 0. The molecule has 0 aliphatic carbocycles. The summed E-state index contributed by atoms with van der Waals surface area (Å²) in [6, 6.07) is 0. The number of nitrogens with zero attached hydrogens (tertiary/aromatic N) is 1. The second-order valence-electron chi connectivity index (χ2n) is 2.57. The standard InChI is InChI=1S/C8H13NO3/c1-11-7-4-3-5-9(6-7)8(10)12-2/h6H,3-5H2,1-2H3. The van der Waals surface area contributed by atoms with E-state index in [0.717, 1.165) is 18.6 Å². The summed E-state index contributed by atoms with van der Waals surface area (Å²) in [5, 5.41) is 0. The Labute approximate surface area is 71.7 Å². The number of allylic oxidation sites excluding steroid dienone is 1. The number of amides is 1. The Kier molecular flexibility index (Phi) is 2.96. The van der Waals surface area contributed by atoms with Gasteiger partial charge in [-0.3, -0.25) is 4.90 Å². The van der Waals surface area contributed by atoms with Crippen molar-refractivity contribution in [2.24, 2.45) is 0 Å². The minimum absolute atomic E-state index is 0.329. The second-order valence-corrected chi connectivity index (χ2v) is 2.57. The van der Waals surface area contributed by atoms with E-state index in [1.807, 2.05) is 0 Å². The zero-order valence-corrected chi connectivity index (χ0v) is 7.37. The third-order valence-electron chi connectivity index (χ3n) is 1.79. The van der Waals surface area contributed by atoms with Crippen molar-refractivity contribution in [1.29, 1.82) is 0 Å². The Morgan fingerprint density at radius 2 is 2.33 bits per heavy atom. The van der Waals surface area contributed by atoms with Gasteiger partial charge >= 0.3 is 6.09 Å². The van der Waals surface area contributed by atoms with Gasteiger partial charge in [0.2, 0.25) is 0 Å². The van der Waals surface area contributed by atoms with E-state index in [1.54, 1.807) is 13.3 Å². The lowest BCUT2D eigenvalue weighted by atomic mass is 10.2. The third kappa shape index (κ3) is 1.90. The first-order valence-electron chi connectivity index (χ1n) is 3.87. The van der Waals surface area contributed by atoms with Crippen molar-refractivity contribution in [2.45, 2.75) is 12.8 Å². The lowest BCUT2D eigenvalue weighted by Gasteiger charge is -2.22. The zero-order valence-electron chi connectivity index (χ0n) is 7.37. The third-order valence-corrected chi connectivity index (χ3v) is 1.79. The van der Waals surface area contributed by atoms with Gasteiger partial charge in [0, 0.05) is 19.2 Å². The fraction of sp³-hybridized carbons (Fsp3) is 0.625. The first-order valence-corrected chi connectivity index (χ1v) is 3.87. The van der Waals surface area contributed by atoms with E-state index in [0.29, 0.717) is 6.54 Å². The van der Waals surface area contributed by atoms with Crippen LogP contribution in [0.4, 0.5) is 4.79 Å². The first kappa shape index (κ1) is 8.90. The van der Waals surface area contributed by atoms with Crippen LogP contribution in [0.5, 0.6) is 0 Å². The van der Waals surface area contributed by atoms with Crippen LogP contribution in [0.2, 0.25) is 0 Å². The van der Waals surface area contributed by atoms with Crippen molar-refractivity contribution in [1.82, 2.24) is 4.90 Å². The normalized spacial score (nSPS) is 16.8. The summed E-state index contributed by atoms with van der Waals surface area (Å²) in [7, 11) is 2.98. The summed E-state index contributed by atoms with van der Waals surface area (Å²) in [4.78, 5) is 12.5. The van der Waals surface area contributed by atoms with Crippen LogP contribution in [0.1, 0.15) is 12.8 Å². The highest BCUT2D eigenvalue weighted by molar-refractivity contribution is 5.68. The van der Waals surface area contributed by atoms with Crippen LogP contribution in [0.15, 0.2) is 12.0 Å². The molecule has 4 heteroatoms. The highest BCUT2D eigenvalue weighted by atomic mass is 16.5. The molecule has 0 aromatic heterocycles. The van der Waals surface area contributed by atoms with Crippen LogP contribution >= 0.6 is 0 Å². The second kappa shape index (κ2) is 3.99. The van der Waals surface area contributed by atoms with E-state index in [4.69, 9.17) is 4.74 Å². The van der Waals surface area contributed by atoms with Gasteiger partial charge in [0.25, 0.3) is 0 Å². The molecule has 1 rings (SSSR count). The average molecular weight is 171 g/mol. The number of ether oxygens (including phenoxy) is 2. The van der Waals surface area contributed by atoms with Crippen molar-refractivity contribution in [3.63, 3.8) is 0 Å². The molecule has 0 radical (unpaired) electrons. The minimum atomic E-state index is -0.329. The number of hydrogen-bond donors (Lipinski definition) is 0. The highest BCUT2D eigenvalue weighted by Gasteiger charge is 2.16. The van der Waals surface area contributed by atoms with Crippen molar-refractivity contribution in [3.05, 3.63) is 12.0 Å². The fourth-order valence-corrected chi connectivity index (χ4v) is 1.14. The number of hydrogen-bond acceptors (Lipinski definition) is 3. The van der Waals surface area contributed by atoms with Crippen LogP contribution < -0.4 is 0 Å². The van der Waals surface area contributed by atoms with Gasteiger partial charge in [0.15, 0.2) is 0 Å². The molecule has 12 heavy (non-hydrogen) atoms. The largest absolute Gasteiger partial charge is 0.500 e. The van der Waals surface area contributed by atoms with E-state index in [2.05, 4.69) is 4.74 Å². The topological polar surface area (TPSA) is 38.8 Å². The molecule has 4 nitrogen and oxygen atoms in total. The van der Waals surface area contributed by atoms with E-state index < -0.39 is 0 Å². The fourth-order valence-electron chi connectivity index (χ4n) is 1.14.